The largest absolute Gasteiger partial charge is 0.460 e. The summed E-state index contributed by atoms with van der Waals surface area (Å²) in [6, 6.07) is 2.97. The van der Waals surface area contributed by atoms with Gasteiger partial charge < -0.3 is 14.1 Å². The highest BCUT2D eigenvalue weighted by Gasteiger charge is 2.27. The first-order chi connectivity index (χ1) is 9.61. The zero-order valence-corrected chi connectivity index (χ0v) is 11.5. The number of carbonyl (C=O) groups is 1. The van der Waals surface area contributed by atoms with Crippen LogP contribution in [0.4, 0.5) is 4.39 Å². The average molecular weight is 277 g/mol. The Bertz CT molecular complexity index is 677. The zero-order chi connectivity index (χ0) is 14.3. The highest BCUT2D eigenvalue weighted by molar-refractivity contribution is 5.97. The fraction of sp³-hybridized carbons (Fsp3) is 0.400. The molecule has 2 heterocycles. The lowest BCUT2D eigenvalue weighted by atomic mass is 10.0. The maximum absolute atomic E-state index is 14.0. The van der Waals surface area contributed by atoms with Gasteiger partial charge in [-0.15, -0.1) is 0 Å². The van der Waals surface area contributed by atoms with Crippen molar-refractivity contribution in [3.05, 3.63) is 34.8 Å². The number of esters is 1. The summed E-state index contributed by atoms with van der Waals surface area (Å²) >= 11 is 0. The van der Waals surface area contributed by atoms with E-state index in [2.05, 4.69) is 0 Å². The highest BCUT2D eigenvalue weighted by Crippen LogP contribution is 2.34. The van der Waals surface area contributed by atoms with Gasteiger partial charge in [0.1, 0.15) is 11.4 Å². The predicted octanol–water partition coefficient (Wildman–Crippen LogP) is 2.74. The van der Waals surface area contributed by atoms with Crippen LogP contribution >= 0.6 is 0 Å². The van der Waals surface area contributed by atoms with Gasteiger partial charge in [0, 0.05) is 29.6 Å². The van der Waals surface area contributed by atoms with E-state index in [1.807, 2.05) is 11.9 Å². The van der Waals surface area contributed by atoms with Crippen molar-refractivity contribution in [3.8, 4) is 0 Å². The van der Waals surface area contributed by atoms with E-state index in [9.17, 15) is 9.18 Å². The molecule has 2 aromatic rings. The molecule has 0 atom stereocenters. The maximum Gasteiger partial charge on any atom is 0.374 e. The van der Waals surface area contributed by atoms with Gasteiger partial charge in [0.25, 0.3) is 0 Å². The van der Waals surface area contributed by atoms with E-state index in [0.29, 0.717) is 24.1 Å². The lowest BCUT2D eigenvalue weighted by Crippen LogP contribution is -2.20. The Hall–Kier alpha value is -1.88. The van der Waals surface area contributed by atoms with E-state index in [1.54, 1.807) is 13.0 Å². The number of ether oxygens (including phenoxy) is 1. The molecule has 0 N–H and O–H groups in total. The van der Waals surface area contributed by atoms with Crippen LogP contribution in [0.15, 0.2) is 16.5 Å². The standard InChI is InChI=1S/C15H16FNO3/c1-3-19-15(18)14-10-8-17(2)7-6-9-11(16)4-5-12(20-14)13(9)10/h4-5H,3,6-8H2,1-2H3. The van der Waals surface area contributed by atoms with Crippen LogP contribution in [0.2, 0.25) is 0 Å². The lowest BCUT2D eigenvalue weighted by Gasteiger charge is -2.13. The number of hydrogen-bond donors (Lipinski definition) is 0. The Morgan fingerprint density at radius 1 is 1.45 bits per heavy atom. The van der Waals surface area contributed by atoms with Crippen molar-refractivity contribution in [2.45, 2.75) is 19.9 Å². The second kappa shape index (κ2) is 4.90. The molecule has 0 aliphatic carbocycles. The molecule has 0 saturated heterocycles. The molecule has 4 nitrogen and oxygen atoms in total. The number of furan rings is 1. The van der Waals surface area contributed by atoms with Crippen molar-refractivity contribution in [3.63, 3.8) is 0 Å². The zero-order valence-electron chi connectivity index (χ0n) is 11.5. The topological polar surface area (TPSA) is 42.7 Å². The molecule has 1 aromatic heterocycles. The van der Waals surface area contributed by atoms with Crippen LogP contribution in [-0.4, -0.2) is 31.1 Å². The predicted molar refractivity (Wildman–Crippen MR) is 72.2 cm³/mol. The van der Waals surface area contributed by atoms with E-state index < -0.39 is 5.97 Å². The van der Waals surface area contributed by atoms with Gasteiger partial charge in [-0.3, -0.25) is 0 Å². The lowest BCUT2D eigenvalue weighted by molar-refractivity contribution is 0.0489. The molecule has 0 amide bonds. The second-order valence-corrected chi connectivity index (χ2v) is 5.02. The minimum atomic E-state index is -0.486. The molecule has 1 aromatic carbocycles. The summed E-state index contributed by atoms with van der Waals surface area (Å²) in [5.74, 6) is -0.534. The Morgan fingerprint density at radius 2 is 2.25 bits per heavy atom. The third kappa shape index (κ3) is 1.98. The van der Waals surface area contributed by atoms with Crippen molar-refractivity contribution >= 4 is 16.9 Å². The second-order valence-electron chi connectivity index (χ2n) is 5.02. The quantitative estimate of drug-likeness (QED) is 0.792. The normalized spacial score (nSPS) is 15.3. The molecule has 0 radical (unpaired) electrons. The molecule has 106 valence electrons. The summed E-state index contributed by atoms with van der Waals surface area (Å²) in [6.45, 7) is 3.33. The van der Waals surface area contributed by atoms with Gasteiger partial charge in [0.05, 0.1) is 6.61 Å². The Labute approximate surface area is 116 Å². The first kappa shape index (κ1) is 13.1. The molecular weight excluding hydrogens is 261 g/mol. The number of likely N-dealkylation sites (N-methyl/N-ethyl adjacent to an activating group) is 1. The summed E-state index contributed by atoms with van der Waals surface area (Å²) in [4.78, 5) is 14.1. The molecule has 0 fully saturated rings. The molecule has 1 aliphatic heterocycles. The molecule has 0 spiro atoms. The SMILES string of the molecule is CCOC(=O)c1oc2ccc(F)c3c2c1CN(C)CC3. The number of hydrogen-bond acceptors (Lipinski definition) is 4. The van der Waals surface area contributed by atoms with Crippen LogP contribution in [0.3, 0.4) is 0 Å². The fourth-order valence-electron chi connectivity index (χ4n) is 2.71. The summed E-state index contributed by atoms with van der Waals surface area (Å²) in [6.07, 6.45) is 0.606. The van der Waals surface area contributed by atoms with Crippen LogP contribution < -0.4 is 0 Å². The van der Waals surface area contributed by atoms with Crippen molar-refractivity contribution in [2.24, 2.45) is 0 Å². The van der Waals surface area contributed by atoms with Crippen molar-refractivity contribution in [2.75, 3.05) is 20.2 Å². The van der Waals surface area contributed by atoms with Gasteiger partial charge in [-0.2, -0.15) is 0 Å². The Balaban J connectivity index is 2.25. The average Bonchev–Trinajstić information content (AvgIpc) is 2.67. The minimum Gasteiger partial charge on any atom is -0.460 e. The highest BCUT2D eigenvalue weighted by atomic mass is 19.1. The molecular formula is C15H16FNO3. The van der Waals surface area contributed by atoms with Crippen LogP contribution in [0.5, 0.6) is 0 Å². The number of nitrogens with zero attached hydrogens (tertiary/aromatic N) is 1. The van der Waals surface area contributed by atoms with Crippen molar-refractivity contribution in [1.82, 2.24) is 4.90 Å². The van der Waals surface area contributed by atoms with E-state index in [1.165, 1.54) is 6.07 Å². The summed E-state index contributed by atoms with van der Waals surface area (Å²) in [7, 11) is 1.94. The number of carbonyl (C=O) groups excluding carboxylic acids is 1. The van der Waals surface area contributed by atoms with Crippen LogP contribution in [0, 0.1) is 5.82 Å². The van der Waals surface area contributed by atoms with E-state index >= 15 is 0 Å². The summed E-state index contributed by atoms with van der Waals surface area (Å²) in [5, 5.41) is 0.734. The molecule has 0 saturated carbocycles. The Morgan fingerprint density at radius 3 is 3.00 bits per heavy atom. The molecule has 5 heteroatoms. The van der Waals surface area contributed by atoms with Crippen LogP contribution in [-0.2, 0) is 17.7 Å². The monoisotopic (exact) mass is 277 g/mol. The van der Waals surface area contributed by atoms with Crippen molar-refractivity contribution < 1.29 is 18.3 Å². The van der Waals surface area contributed by atoms with Gasteiger partial charge >= 0.3 is 5.97 Å². The first-order valence-electron chi connectivity index (χ1n) is 6.70. The van der Waals surface area contributed by atoms with Crippen LogP contribution in [0.1, 0.15) is 28.6 Å². The van der Waals surface area contributed by atoms with Gasteiger partial charge in [-0.05, 0) is 32.5 Å². The molecule has 1 aliphatic rings. The van der Waals surface area contributed by atoms with Crippen LogP contribution in [0.25, 0.3) is 11.0 Å². The summed E-state index contributed by atoms with van der Waals surface area (Å²) in [5.41, 5.74) is 1.91. The number of benzene rings is 1. The molecule has 0 unspecified atom stereocenters. The van der Waals surface area contributed by atoms with Gasteiger partial charge in [-0.25, -0.2) is 9.18 Å². The molecule has 0 bridgehead atoms. The molecule has 20 heavy (non-hydrogen) atoms. The van der Waals surface area contributed by atoms with E-state index in [-0.39, 0.29) is 18.2 Å². The summed E-state index contributed by atoms with van der Waals surface area (Å²) < 4.78 is 24.7. The Kier molecular flexibility index (Phi) is 3.22. The van der Waals surface area contributed by atoms with E-state index in [0.717, 1.165) is 17.5 Å². The number of halogens is 1. The third-order valence-corrected chi connectivity index (χ3v) is 3.64. The third-order valence-electron chi connectivity index (χ3n) is 3.64. The van der Waals surface area contributed by atoms with Gasteiger partial charge in [0.2, 0.25) is 5.76 Å². The van der Waals surface area contributed by atoms with Gasteiger partial charge in [-0.1, -0.05) is 0 Å². The minimum absolute atomic E-state index is 0.197. The van der Waals surface area contributed by atoms with E-state index in [4.69, 9.17) is 9.15 Å². The fourth-order valence-corrected chi connectivity index (χ4v) is 2.71. The molecule has 3 rings (SSSR count). The first-order valence-corrected chi connectivity index (χ1v) is 6.70. The van der Waals surface area contributed by atoms with Crippen molar-refractivity contribution in [1.29, 1.82) is 0 Å². The smallest absolute Gasteiger partial charge is 0.374 e. The maximum atomic E-state index is 14.0. The number of rotatable bonds is 2. The van der Waals surface area contributed by atoms with Gasteiger partial charge in [0.15, 0.2) is 0 Å².